The average Bonchev–Trinajstić information content (AvgIpc) is 2.74. The zero-order valence-corrected chi connectivity index (χ0v) is 21.7. The number of nitrogens with one attached hydrogen (secondary N) is 3. The summed E-state index contributed by atoms with van der Waals surface area (Å²) in [5.74, 6) is -0.00592. The van der Waals surface area contributed by atoms with Crippen molar-refractivity contribution < 1.29 is 23.9 Å². The van der Waals surface area contributed by atoms with Crippen molar-refractivity contribution in [1.29, 1.82) is 0 Å². The van der Waals surface area contributed by atoms with Crippen LogP contribution in [0.4, 0.5) is 10.5 Å². The highest BCUT2D eigenvalue weighted by Gasteiger charge is 2.20. The number of aryl methyl sites for hydroxylation is 1. The molecule has 0 aromatic heterocycles. The van der Waals surface area contributed by atoms with Crippen LogP contribution in [0.2, 0.25) is 0 Å². The Kier molecular flexibility index (Phi) is 9.28. The number of hydrogen-bond donors (Lipinski definition) is 3. The van der Waals surface area contributed by atoms with Crippen LogP contribution >= 0.6 is 0 Å². The van der Waals surface area contributed by atoms with Crippen molar-refractivity contribution >= 4 is 23.6 Å². The van der Waals surface area contributed by atoms with Gasteiger partial charge in [0.1, 0.15) is 17.9 Å². The smallest absolute Gasteiger partial charge is 0.408 e. The SMILES string of the molecule is Cc1ccc(OCC(=O)NCc2ccccc2NC(=O)CNC(=O)OC(C)(C)C)c(C(C)(C)C)c1. The monoisotopic (exact) mass is 483 g/mol. The predicted octanol–water partition coefficient (Wildman–Crippen LogP) is 4.45. The van der Waals surface area contributed by atoms with Gasteiger partial charge in [0, 0.05) is 12.2 Å². The Morgan fingerprint density at radius 3 is 2.23 bits per heavy atom. The molecular weight excluding hydrogens is 446 g/mol. The molecule has 2 aromatic rings. The molecule has 0 aliphatic carbocycles. The lowest BCUT2D eigenvalue weighted by Crippen LogP contribution is -2.37. The molecule has 0 unspecified atom stereocenters. The van der Waals surface area contributed by atoms with Crippen LogP contribution in [-0.4, -0.2) is 36.7 Å². The fraction of sp³-hybridized carbons (Fsp3) is 0.444. The van der Waals surface area contributed by atoms with Crippen LogP contribution in [0.1, 0.15) is 58.2 Å². The number of ether oxygens (including phenoxy) is 2. The molecule has 8 heteroatoms. The van der Waals surface area contributed by atoms with Crippen molar-refractivity contribution in [3.05, 3.63) is 59.2 Å². The van der Waals surface area contributed by atoms with Crippen LogP contribution in [0, 0.1) is 6.92 Å². The van der Waals surface area contributed by atoms with Crippen molar-refractivity contribution in [2.75, 3.05) is 18.5 Å². The van der Waals surface area contributed by atoms with Gasteiger partial charge in [-0.25, -0.2) is 4.79 Å². The summed E-state index contributed by atoms with van der Waals surface area (Å²) in [5, 5.41) is 7.99. The molecule has 2 rings (SSSR count). The lowest BCUT2D eigenvalue weighted by molar-refractivity contribution is -0.123. The van der Waals surface area contributed by atoms with Gasteiger partial charge in [-0.2, -0.15) is 0 Å². The first-order valence-electron chi connectivity index (χ1n) is 11.6. The van der Waals surface area contributed by atoms with E-state index in [4.69, 9.17) is 9.47 Å². The Hall–Kier alpha value is -3.55. The lowest BCUT2D eigenvalue weighted by Gasteiger charge is -2.23. The fourth-order valence-electron chi connectivity index (χ4n) is 3.20. The number of para-hydroxylation sites is 1. The van der Waals surface area contributed by atoms with E-state index in [2.05, 4.69) is 42.8 Å². The van der Waals surface area contributed by atoms with Crippen LogP contribution in [0.15, 0.2) is 42.5 Å². The largest absolute Gasteiger partial charge is 0.483 e. The third kappa shape index (κ3) is 9.68. The number of anilines is 1. The third-order valence-corrected chi connectivity index (χ3v) is 4.86. The molecule has 3 N–H and O–H groups in total. The molecule has 0 spiro atoms. The highest BCUT2D eigenvalue weighted by atomic mass is 16.6. The normalized spacial score (nSPS) is 11.4. The Bertz CT molecular complexity index is 1050. The van der Waals surface area contributed by atoms with Gasteiger partial charge in [0.25, 0.3) is 5.91 Å². The topological polar surface area (TPSA) is 106 Å². The second kappa shape index (κ2) is 11.7. The molecule has 0 radical (unpaired) electrons. The van der Waals surface area contributed by atoms with E-state index in [-0.39, 0.29) is 31.0 Å². The van der Waals surface area contributed by atoms with Crippen molar-refractivity contribution in [3.63, 3.8) is 0 Å². The van der Waals surface area contributed by atoms with E-state index in [0.717, 1.165) is 16.7 Å². The summed E-state index contributed by atoms with van der Waals surface area (Å²) in [7, 11) is 0. The number of carbonyl (C=O) groups excluding carboxylic acids is 3. The number of benzene rings is 2. The van der Waals surface area contributed by atoms with Gasteiger partial charge in [0.15, 0.2) is 6.61 Å². The van der Waals surface area contributed by atoms with Gasteiger partial charge in [0.05, 0.1) is 0 Å². The maximum absolute atomic E-state index is 12.5. The Morgan fingerprint density at radius 1 is 0.886 bits per heavy atom. The number of amides is 3. The summed E-state index contributed by atoms with van der Waals surface area (Å²) < 4.78 is 10.9. The average molecular weight is 484 g/mol. The second-order valence-electron chi connectivity index (χ2n) is 10.4. The molecule has 0 aliphatic heterocycles. The van der Waals surface area contributed by atoms with Crippen molar-refractivity contribution in [1.82, 2.24) is 10.6 Å². The van der Waals surface area contributed by atoms with Gasteiger partial charge in [0.2, 0.25) is 5.91 Å². The molecule has 0 saturated heterocycles. The maximum Gasteiger partial charge on any atom is 0.408 e. The Balaban J connectivity index is 1.90. The minimum Gasteiger partial charge on any atom is -0.483 e. The van der Waals surface area contributed by atoms with E-state index in [1.165, 1.54) is 0 Å². The van der Waals surface area contributed by atoms with E-state index in [0.29, 0.717) is 11.4 Å². The summed E-state index contributed by atoms with van der Waals surface area (Å²) in [6.07, 6.45) is -0.670. The van der Waals surface area contributed by atoms with Crippen LogP contribution < -0.4 is 20.7 Å². The number of alkyl carbamates (subject to hydrolysis) is 1. The van der Waals surface area contributed by atoms with Gasteiger partial charge < -0.3 is 25.4 Å². The second-order valence-corrected chi connectivity index (χ2v) is 10.4. The van der Waals surface area contributed by atoms with Crippen molar-refractivity contribution in [2.45, 2.75) is 66.0 Å². The molecule has 8 nitrogen and oxygen atoms in total. The molecule has 0 fully saturated rings. The number of rotatable bonds is 8. The first-order chi connectivity index (χ1) is 16.2. The summed E-state index contributed by atoms with van der Waals surface area (Å²) in [6.45, 7) is 13.4. The summed E-state index contributed by atoms with van der Waals surface area (Å²) in [5.41, 5.74) is 2.66. The number of hydrogen-bond acceptors (Lipinski definition) is 5. The molecule has 0 atom stereocenters. The minimum absolute atomic E-state index is 0.118. The molecule has 2 aromatic carbocycles. The highest BCUT2D eigenvalue weighted by Crippen LogP contribution is 2.32. The third-order valence-electron chi connectivity index (χ3n) is 4.86. The van der Waals surface area contributed by atoms with E-state index >= 15 is 0 Å². The predicted molar refractivity (Wildman–Crippen MR) is 137 cm³/mol. The van der Waals surface area contributed by atoms with E-state index in [9.17, 15) is 14.4 Å². The Labute approximate surface area is 207 Å². The van der Waals surface area contributed by atoms with E-state index in [1.54, 1.807) is 39.0 Å². The van der Waals surface area contributed by atoms with E-state index in [1.807, 2.05) is 25.1 Å². The molecule has 0 aliphatic rings. The Morgan fingerprint density at radius 2 is 1.57 bits per heavy atom. The van der Waals surface area contributed by atoms with Gasteiger partial charge in [-0.1, -0.05) is 56.7 Å². The molecule has 0 bridgehead atoms. The number of carbonyl (C=O) groups is 3. The quantitative estimate of drug-likeness (QED) is 0.514. The maximum atomic E-state index is 12.5. The summed E-state index contributed by atoms with van der Waals surface area (Å²) >= 11 is 0. The molecule has 0 heterocycles. The molecular formula is C27H37N3O5. The highest BCUT2D eigenvalue weighted by molar-refractivity contribution is 5.94. The summed E-state index contributed by atoms with van der Waals surface area (Å²) in [6, 6.07) is 13.0. The molecule has 190 valence electrons. The lowest BCUT2D eigenvalue weighted by atomic mass is 9.85. The van der Waals surface area contributed by atoms with Crippen LogP contribution in [0.3, 0.4) is 0 Å². The van der Waals surface area contributed by atoms with Crippen LogP contribution in [0.5, 0.6) is 5.75 Å². The summed E-state index contributed by atoms with van der Waals surface area (Å²) in [4.78, 5) is 36.5. The molecule has 35 heavy (non-hydrogen) atoms. The van der Waals surface area contributed by atoms with Crippen LogP contribution in [-0.2, 0) is 26.3 Å². The standard InChI is InChI=1S/C27H37N3O5/c1-18-12-13-22(20(14-18)26(2,3)4)34-17-24(32)28-15-19-10-8-9-11-21(19)30-23(31)16-29-25(33)35-27(5,6)7/h8-14H,15-17H2,1-7H3,(H,28,32)(H,29,33)(H,30,31). The van der Waals surface area contributed by atoms with Gasteiger partial charge in [-0.15, -0.1) is 0 Å². The fourth-order valence-corrected chi connectivity index (χ4v) is 3.20. The van der Waals surface area contributed by atoms with Gasteiger partial charge in [-0.05, 0) is 56.4 Å². The first-order valence-corrected chi connectivity index (χ1v) is 11.6. The zero-order valence-electron chi connectivity index (χ0n) is 21.7. The van der Waals surface area contributed by atoms with Crippen LogP contribution in [0.25, 0.3) is 0 Å². The molecule has 0 saturated carbocycles. The first kappa shape index (κ1) is 27.7. The van der Waals surface area contributed by atoms with Gasteiger partial charge >= 0.3 is 6.09 Å². The minimum atomic E-state index is -0.670. The molecule has 3 amide bonds. The van der Waals surface area contributed by atoms with Crippen molar-refractivity contribution in [3.8, 4) is 5.75 Å². The van der Waals surface area contributed by atoms with Crippen molar-refractivity contribution in [2.24, 2.45) is 0 Å². The van der Waals surface area contributed by atoms with E-state index < -0.39 is 17.6 Å². The zero-order chi connectivity index (χ0) is 26.2. The van der Waals surface area contributed by atoms with Gasteiger partial charge in [-0.3, -0.25) is 9.59 Å².